The molecule has 536 valence electrons. The molecule has 0 unspecified atom stereocenters. The van der Waals surface area contributed by atoms with Gasteiger partial charge in [-0.2, -0.15) is 33.7 Å². The van der Waals surface area contributed by atoms with Crippen molar-refractivity contribution in [1.82, 2.24) is 0 Å². The number of rotatable bonds is 24. The Balaban J connectivity index is 1.29. The highest BCUT2D eigenvalue weighted by Gasteiger charge is 2.31. The third kappa shape index (κ3) is 19.6. The van der Waals surface area contributed by atoms with Crippen LogP contribution in [0.15, 0.2) is 165 Å². The minimum atomic E-state index is -4.22. The molecule has 0 saturated carbocycles. The minimum absolute atomic E-state index is 0.000385. The van der Waals surface area contributed by atoms with Gasteiger partial charge in [0.15, 0.2) is 0 Å². The van der Waals surface area contributed by atoms with E-state index < -0.39 is 62.1 Å². The van der Waals surface area contributed by atoms with E-state index in [1.165, 1.54) is 48.5 Å². The van der Waals surface area contributed by atoms with Gasteiger partial charge >= 0.3 is 0 Å². The Bertz CT molecular complexity index is 4010. The number of ether oxygens (including phenoxy) is 4. The molecule has 0 heterocycles. The summed E-state index contributed by atoms with van der Waals surface area (Å²) >= 11 is 0. The molecule has 0 radical (unpaired) electrons. The van der Waals surface area contributed by atoms with E-state index in [0.29, 0.717) is 67.5 Å². The second-order valence-corrected chi connectivity index (χ2v) is 36.4. The molecule has 0 saturated heterocycles. The number of aryl methyl sites for hydroxylation is 4. The molecule has 8 aromatic carbocycles. The molecule has 8 bridgehead atoms. The molecule has 0 amide bonds. The van der Waals surface area contributed by atoms with E-state index in [1.807, 2.05) is 27.7 Å². The fourth-order valence-corrected chi connectivity index (χ4v) is 15.2. The Kier molecular flexibility index (Phi) is 23.5. The summed E-state index contributed by atoms with van der Waals surface area (Å²) in [7, 11) is -16.9. The summed E-state index contributed by atoms with van der Waals surface area (Å²) in [5, 5.41) is 0. The highest BCUT2D eigenvalue weighted by Crippen LogP contribution is 2.45. The standard InChI is InChI=1S/C80H96O16S4/c1-53-17-25-69(26-18-53)97(81,82)93-37-33-89-73-57-41-59-47-66(78(8,9)10)49-61(74(59)90-34-38-94-98(83,84)70-27-19-54(2)20-28-70)43-63-51-68(80(14,15)16)52-64(76(63)92-36-40-96-100(87,88)72-31-23-56(4)24-32-72)44-62-50-67(79(11,12)13)48-60(42-58(73)46-65(45-57)77(5,6)7)75(62)91-35-39-95-99(85,86)71-29-21-55(3)22-30-71/h17-32,45-52H,33-44H2,1-16H3. The smallest absolute Gasteiger partial charge is 0.297 e. The molecule has 9 rings (SSSR count). The summed E-state index contributed by atoms with van der Waals surface area (Å²) in [6.45, 7) is 30.7. The maximum Gasteiger partial charge on any atom is 0.297 e. The Morgan fingerprint density at radius 2 is 0.400 bits per heavy atom. The predicted octanol–water partition coefficient (Wildman–Crippen LogP) is 15.9. The number of hydrogen-bond acceptors (Lipinski definition) is 16. The number of hydrogen-bond donors (Lipinski definition) is 0. The van der Waals surface area contributed by atoms with E-state index >= 15 is 0 Å². The van der Waals surface area contributed by atoms with Gasteiger partial charge in [0.1, 0.15) is 75.9 Å². The molecule has 1 aliphatic rings. The highest BCUT2D eigenvalue weighted by molar-refractivity contribution is 7.87. The summed E-state index contributed by atoms with van der Waals surface area (Å²) < 4.78 is 161. The van der Waals surface area contributed by atoms with Crippen LogP contribution in [0.3, 0.4) is 0 Å². The van der Waals surface area contributed by atoms with Gasteiger partial charge in [0.2, 0.25) is 0 Å². The van der Waals surface area contributed by atoms with Crippen molar-refractivity contribution in [2.45, 2.75) is 178 Å². The Labute approximate surface area is 594 Å². The fraction of sp³-hybridized carbons (Fsp3) is 0.400. The van der Waals surface area contributed by atoms with Crippen LogP contribution in [0.1, 0.15) is 172 Å². The van der Waals surface area contributed by atoms with Crippen LogP contribution in [0.5, 0.6) is 23.0 Å². The SMILES string of the molecule is Cc1ccc(S(=O)(=O)OCCOc2c3cc(C(C)(C)C)cc2Cc2cc(C(C)(C)C)cc(c2OCCOS(=O)(=O)c2ccc(C)cc2)Cc2cc(C(C)(C)C)cc(c2OCCOS(=O)(=O)c2ccc(C)cc2)Cc2cc(C(C)(C)C)cc(c2OCCOS(=O)(=O)c2ccc(C)cc2)C3)cc1. The van der Waals surface area contributed by atoms with Crippen molar-refractivity contribution in [2.75, 3.05) is 52.9 Å². The summed E-state index contributed by atoms with van der Waals surface area (Å²) in [6.07, 6.45) is 0.652. The third-order valence-electron chi connectivity index (χ3n) is 17.5. The molecule has 0 N–H and O–H groups in total. The first-order chi connectivity index (χ1) is 46.7. The second kappa shape index (κ2) is 30.7. The summed E-state index contributed by atoms with van der Waals surface area (Å²) in [5.74, 6) is 1.78. The third-order valence-corrected chi connectivity index (χ3v) is 22.8. The molecule has 0 aromatic heterocycles. The van der Waals surface area contributed by atoms with Gasteiger partial charge in [0.25, 0.3) is 40.5 Å². The normalized spacial score (nSPS) is 13.4. The lowest BCUT2D eigenvalue weighted by atomic mass is 9.79. The fourth-order valence-electron chi connectivity index (χ4n) is 11.6. The van der Waals surface area contributed by atoms with E-state index in [1.54, 1.807) is 48.5 Å². The van der Waals surface area contributed by atoms with Gasteiger partial charge in [-0.3, -0.25) is 16.7 Å². The lowest BCUT2D eigenvalue weighted by Crippen LogP contribution is -2.20. The first kappa shape index (κ1) is 76.8. The molecule has 0 aliphatic heterocycles. The molecule has 1 aliphatic carbocycles. The quantitative estimate of drug-likeness (QED) is 0.0407. The molecule has 16 nitrogen and oxygen atoms in total. The van der Waals surface area contributed by atoms with Crippen molar-refractivity contribution in [1.29, 1.82) is 0 Å². The van der Waals surface area contributed by atoms with E-state index in [-0.39, 0.29) is 98.1 Å². The largest absolute Gasteiger partial charge is 0.491 e. The summed E-state index contributed by atoms with van der Waals surface area (Å²) in [4.78, 5) is 0.00154. The van der Waals surface area contributed by atoms with Crippen LogP contribution in [0.4, 0.5) is 0 Å². The molecular weight excluding hydrogens is 1350 g/mol. The van der Waals surface area contributed by atoms with Gasteiger partial charge in [0, 0.05) is 25.7 Å². The minimum Gasteiger partial charge on any atom is -0.491 e. The molecule has 0 fully saturated rings. The maximum absolute atomic E-state index is 13.8. The van der Waals surface area contributed by atoms with Gasteiger partial charge in [-0.25, -0.2) is 0 Å². The first-order valence-corrected chi connectivity index (χ1v) is 39.3. The average Bonchev–Trinajstić information content (AvgIpc) is 0.761. The highest BCUT2D eigenvalue weighted by atomic mass is 32.2. The molecule has 8 aromatic rings. The van der Waals surface area contributed by atoms with Crippen LogP contribution >= 0.6 is 0 Å². The second-order valence-electron chi connectivity index (χ2n) is 30.0. The topological polar surface area (TPSA) is 210 Å². The van der Waals surface area contributed by atoms with E-state index in [9.17, 15) is 33.7 Å². The van der Waals surface area contributed by atoms with Crippen molar-refractivity contribution in [3.05, 3.63) is 235 Å². The summed E-state index contributed by atoms with van der Waals surface area (Å²) in [5.41, 5.74) is 11.1. The van der Waals surface area contributed by atoms with Crippen molar-refractivity contribution >= 4 is 40.5 Å². The van der Waals surface area contributed by atoms with Crippen LogP contribution in [0, 0.1) is 27.7 Å². The van der Waals surface area contributed by atoms with Gasteiger partial charge in [-0.15, -0.1) is 0 Å². The number of benzene rings is 8. The maximum atomic E-state index is 13.8. The molecule has 20 heteroatoms. The van der Waals surface area contributed by atoms with Gasteiger partial charge in [-0.05, 0) is 165 Å². The van der Waals surface area contributed by atoms with Crippen molar-refractivity contribution in [2.24, 2.45) is 0 Å². The lowest BCUT2D eigenvalue weighted by Gasteiger charge is -2.29. The Hall–Kier alpha value is -7.40. The van der Waals surface area contributed by atoms with E-state index in [2.05, 4.69) is 132 Å². The van der Waals surface area contributed by atoms with Crippen LogP contribution in [-0.4, -0.2) is 86.5 Å². The monoisotopic (exact) mass is 1440 g/mol. The van der Waals surface area contributed by atoms with Gasteiger partial charge < -0.3 is 18.9 Å². The van der Waals surface area contributed by atoms with Crippen LogP contribution in [-0.2, 0) is 105 Å². The lowest BCUT2D eigenvalue weighted by molar-refractivity contribution is 0.216. The Morgan fingerprint density at radius 1 is 0.250 bits per heavy atom. The van der Waals surface area contributed by atoms with Crippen LogP contribution < -0.4 is 18.9 Å². The first-order valence-electron chi connectivity index (χ1n) is 33.7. The van der Waals surface area contributed by atoms with Crippen LogP contribution in [0.2, 0.25) is 0 Å². The Morgan fingerprint density at radius 3 is 0.540 bits per heavy atom. The van der Waals surface area contributed by atoms with E-state index in [0.717, 1.165) is 44.5 Å². The zero-order chi connectivity index (χ0) is 73.0. The molecular formula is C80H96O16S4. The van der Waals surface area contributed by atoms with Crippen molar-refractivity contribution in [3.63, 3.8) is 0 Å². The number of fused-ring (bicyclic) bond motifs is 8. The zero-order valence-electron chi connectivity index (χ0n) is 60.5. The average molecular weight is 1440 g/mol. The predicted molar refractivity (Wildman–Crippen MR) is 391 cm³/mol. The van der Waals surface area contributed by atoms with Crippen molar-refractivity contribution in [3.8, 4) is 23.0 Å². The van der Waals surface area contributed by atoms with E-state index in [4.69, 9.17) is 35.7 Å². The van der Waals surface area contributed by atoms with Crippen molar-refractivity contribution < 1.29 is 69.4 Å². The summed E-state index contributed by atoms with van der Waals surface area (Å²) in [6, 6.07) is 42.4. The van der Waals surface area contributed by atoms with Crippen LogP contribution in [0.25, 0.3) is 0 Å². The van der Waals surface area contributed by atoms with Gasteiger partial charge in [-0.1, -0.05) is 202 Å². The zero-order valence-corrected chi connectivity index (χ0v) is 63.8. The van der Waals surface area contributed by atoms with Gasteiger partial charge in [0.05, 0.1) is 19.6 Å². The molecule has 0 atom stereocenters. The molecule has 100 heavy (non-hydrogen) atoms. The molecule has 0 spiro atoms.